The number of thiophene rings is 1. The number of aromatic nitrogens is 2. The summed E-state index contributed by atoms with van der Waals surface area (Å²) in [4.78, 5) is 25.3. The van der Waals surface area contributed by atoms with Gasteiger partial charge in [-0.1, -0.05) is 0 Å². The van der Waals surface area contributed by atoms with Crippen molar-refractivity contribution in [2.75, 3.05) is 18.4 Å². The zero-order chi connectivity index (χ0) is 19.0. The average Bonchev–Trinajstić information content (AvgIpc) is 3.27. The molecule has 0 spiro atoms. The van der Waals surface area contributed by atoms with E-state index in [9.17, 15) is 4.79 Å². The Bertz CT molecular complexity index is 943. The van der Waals surface area contributed by atoms with Crippen LogP contribution in [-0.4, -0.2) is 46.1 Å². The molecule has 2 atom stereocenters. The quantitative estimate of drug-likeness (QED) is 0.740. The van der Waals surface area contributed by atoms with Crippen molar-refractivity contribution < 1.29 is 13.9 Å². The van der Waals surface area contributed by atoms with E-state index in [1.165, 1.54) is 17.7 Å². The second kappa shape index (κ2) is 7.28. The number of hydrogen-bond donors (Lipinski definition) is 1. The van der Waals surface area contributed by atoms with Gasteiger partial charge in [0.25, 0.3) is 5.91 Å². The van der Waals surface area contributed by atoms with Crippen molar-refractivity contribution in [2.24, 2.45) is 0 Å². The summed E-state index contributed by atoms with van der Waals surface area (Å²) < 4.78 is 11.1. The highest BCUT2D eigenvalue weighted by Gasteiger charge is 2.29. The Morgan fingerprint density at radius 3 is 2.81 bits per heavy atom. The first-order chi connectivity index (χ1) is 13.0. The molecule has 8 heteroatoms. The van der Waals surface area contributed by atoms with E-state index in [0.29, 0.717) is 30.3 Å². The third-order valence-corrected chi connectivity index (χ3v) is 5.83. The van der Waals surface area contributed by atoms with Gasteiger partial charge in [0, 0.05) is 13.1 Å². The van der Waals surface area contributed by atoms with Crippen LogP contribution in [0.4, 0.5) is 5.82 Å². The van der Waals surface area contributed by atoms with E-state index in [4.69, 9.17) is 9.15 Å². The fourth-order valence-electron chi connectivity index (χ4n) is 3.48. The second-order valence-corrected chi connectivity index (χ2v) is 7.86. The number of nitrogens with zero attached hydrogens (tertiary/aromatic N) is 3. The molecule has 1 N–H and O–H groups in total. The number of hydrogen-bond acceptors (Lipinski definition) is 7. The maximum atomic E-state index is 13.1. The summed E-state index contributed by atoms with van der Waals surface area (Å²) >= 11 is 1.42. The maximum Gasteiger partial charge on any atom is 0.264 e. The Kier molecular flexibility index (Phi) is 4.84. The average molecular weight is 386 g/mol. The predicted octanol–water partition coefficient (Wildman–Crippen LogP) is 3.45. The van der Waals surface area contributed by atoms with E-state index in [1.54, 1.807) is 6.26 Å². The van der Waals surface area contributed by atoms with Gasteiger partial charge in [0.1, 0.15) is 22.7 Å². The highest BCUT2D eigenvalue weighted by molar-refractivity contribution is 7.20. The van der Waals surface area contributed by atoms with E-state index in [0.717, 1.165) is 21.5 Å². The van der Waals surface area contributed by atoms with Gasteiger partial charge in [-0.2, -0.15) is 0 Å². The number of nitrogens with one attached hydrogen (secondary N) is 1. The SMILES string of the molecule is Cc1c(C(=O)N2C[C@@H](C)O[C@@H](C)C2)sc2ncnc(NCc3ccco3)c12. The number of aryl methyl sites for hydroxylation is 1. The van der Waals surface area contributed by atoms with Crippen LogP contribution in [0.25, 0.3) is 10.2 Å². The van der Waals surface area contributed by atoms with Gasteiger partial charge in [-0.25, -0.2) is 9.97 Å². The molecule has 0 radical (unpaired) electrons. The molecule has 0 unspecified atom stereocenters. The predicted molar refractivity (Wildman–Crippen MR) is 104 cm³/mol. The normalized spacial score (nSPS) is 20.2. The molecule has 3 aromatic rings. The lowest BCUT2D eigenvalue weighted by Gasteiger charge is -2.35. The van der Waals surface area contributed by atoms with Gasteiger partial charge in [0.15, 0.2) is 0 Å². The molecule has 4 rings (SSSR count). The number of ether oxygens (including phenoxy) is 1. The number of anilines is 1. The zero-order valence-corrected chi connectivity index (χ0v) is 16.4. The molecule has 3 aromatic heterocycles. The Labute approximate surface area is 161 Å². The van der Waals surface area contributed by atoms with Crippen molar-refractivity contribution >= 4 is 33.3 Å². The van der Waals surface area contributed by atoms with Crippen molar-refractivity contribution in [3.05, 3.63) is 40.9 Å². The van der Waals surface area contributed by atoms with Gasteiger partial charge >= 0.3 is 0 Å². The van der Waals surface area contributed by atoms with Crippen LogP contribution in [0.1, 0.15) is 34.8 Å². The Morgan fingerprint density at radius 1 is 1.33 bits per heavy atom. The molecule has 0 bridgehead atoms. The first-order valence-corrected chi connectivity index (χ1v) is 9.79. The second-order valence-electron chi connectivity index (χ2n) is 6.86. The van der Waals surface area contributed by atoms with Crippen LogP contribution in [0.3, 0.4) is 0 Å². The summed E-state index contributed by atoms with van der Waals surface area (Å²) in [6.07, 6.45) is 3.25. The molecule has 0 aliphatic carbocycles. The van der Waals surface area contributed by atoms with Gasteiger partial charge < -0.3 is 19.4 Å². The molecule has 1 saturated heterocycles. The van der Waals surface area contributed by atoms with Crippen molar-refractivity contribution in [1.82, 2.24) is 14.9 Å². The molecule has 4 heterocycles. The fraction of sp³-hybridized carbons (Fsp3) is 0.421. The van der Waals surface area contributed by atoms with E-state index in [-0.39, 0.29) is 18.1 Å². The molecule has 7 nitrogen and oxygen atoms in total. The number of fused-ring (bicyclic) bond motifs is 1. The van der Waals surface area contributed by atoms with Gasteiger partial charge in [-0.15, -0.1) is 11.3 Å². The first kappa shape index (κ1) is 17.9. The van der Waals surface area contributed by atoms with E-state index in [2.05, 4.69) is 15.3 Å². The number of carbonyl (C=O) groups excluding carboxylic acids is 1. The smallest absolute Gasteiger partial charge is 0.264 e. The summed E-state index contributed by atoms with van der Waals surface area (Å²) in [7, 11) is 0. The van der Waals surface area contributed by atoms with Gasteiger partial charge in [0.05, 0.1) is 35.3 Å². The molecule has 142 valence electrons. The third-order valence-electron chi connectivity index (χ3n) is 4.64. The lowest BCUT2D eigenvalue weighted by molar-refractivity contribution is -0.0585. The summed E-state index contributed by atoms with van der Waals surface area (Å²) in [6, 6.07) is 3.76. The molecule has 0 saturated carbocycles. The topological polar surface area (TPSA) is 80.5 Å². The number of carbonyl (C=O) groups is 1. The van der Waals surface area contributed by atoms with Crippen molar-refractivity contribution in [1.29, 1.82) is 0 Å². The lowest BCUT2D eigenvalue weighted by atomic mass is 10.1. The van der Waals surface area contributed by atoms with E-state index < -0.39 is 0 Å². The minimum atomic E-state index is 0.0366. The third kappa shape index (κ3) is 3.54. The summed E-state index contributed by atoms with van der Waals surface area (Å²) in [5.74, 6) is 1.57. The Hall–Kier alpha value is -2.45. The van der Waals surface area contributed by atoms with Gasteiger partial charge in [-0.3, -0.25) is 4.79 Å². The van der Waals surface area contributed by atoms with Crippen LogP contribution in [0.5, 0.6) is 0 Å². The standard InChI is InChI=1S/C19H22N4O3S/c1-11-8-23(9-12(2)26-11)19(24)16-13(3)15-17(21-10-22-18(15)27-16)20-7-14-5-4-6-25-14/h4-6,10-12H,7-9H2,1-3H3,(H,20,21,22)/t11-,12+. The van der Waals surface area contributed by atoms with Crippen LogP contribution in [0, 0.1) is 6.92 Å². The Balaban J connectivity index is 1.63. The molecule has 1 aliphatic rings. The molecule has 1 aliphatic heterocycles. The van der Waals surface area contributed by atoms with Crippen LogP contribution in [0.15, 0.2) is 29.1 Å². The molecule has 1 amide bonds. The minimum absolute atomic E-state index is 0.0366. The first-order valence-electron chi connectivity index (χ1n) is 8.98. The summed E-state index contributed by atoms with van der Waals surface area (Å²) in [6.45, 7) is 7.68. The highest BCUT2D eigenvalue weighted by atomic mass is 32.1. The molecular formula is C19H22N4O3S. The summed E-state index contributed by atoms with van der Waals surface area (Å²) in [5.41, 5.74) is 0.911. The van der Waals surface area contributed by atoms with Crippen LogP contribution < -0.4 is 5.32 Å². The molecule has 0 aromatic carbocycles. The number of furan rings is 1. The zero-order valence-electron chi connectivity index (χ0n) is 15.6. The molecular weight excluding hydrogens is 364 g/mol. The maximum absolute atomic E-state index is 13.1. The lowest BCUT2D eigenvalue weighted by Crippen LogP contribution is -2.48. The van der Waals surface area contributed by atoms with Gasteiger partial charge in [0.2, 0.25) is 0 Å². The molecule has 1 fully saturated rings. The van der Waals surface area contributed by atoms with E-state index >= 15 is 0 Å². The number of amides is 1. The van der Waals surface area contributed by atoms with Crippen LogP contribution in [0.2, 0.25) is 0 Å². The summed E-state index contributed by atoms with van der Waals surface area (Å²) in [5, 5.41) is 4.19. The Morgan fingerprint density at radius 2 is 2.11 bits per heavy atom. The number of rotatable bonds is 4. The molecule has 27 heavy (non-hydrogen) atoms. The van der Waals surface area contributed by atoms with E-state index in [1.807, 2.05) is 37.8 Å². The van der Waals surface area contributed by atoms with Crippen LogP contribution >= 0.6 is 11.3 Å². The monoisotopic (exact) mass is 386 g/mol. The van der Waals surface area contributed by atoms with Crippen molar-refractivity contribution in [2.45, 2.75) is 39.5 Å². The van der Waals surface area contributed by atoms with Crippen LogP contribution in [-0.2, 0) is 11.3 Å². The largest absolute Gasteiger partial charge is 0.467 e. The minimum Gasteiger partial charge on any atom is -0.467 e. The van der Waals surface area contributed by atoms with Gasteiger partial charge in [-0.05, 0) is 38.5 Å². The van der Waals surface area contributed by atoms with Crippen molar-refractivity contribution in [3.8, 4) is 0 Å². The highest BCUT2D eigenvalue weighted by Crippen LogP contribution is 2.34. The fourth-order valence-corrected chi connectivity index (χ4v) is 4.60. The number of morpholine rings is 1. The van der Waals surface area contributed by atoms with Crippen molar-refractivity contribution in [3.63, 3.8) is 0 Å².